The fraction of sp³-hybridized carbons (Fsp3) is 1.00. The molecule has 0 aliphatic rings. The zero-order valence-electron chi connectivity index (χ0n) is 4.56. The summed E-state index contributed by atoms with van der Waals surface area (Å²) < 4.78 is 27.8. The summed E-state index contributed by atoms with van der Waals surface area (Å²) in [5.74, 6) is -0.816. The van der Waals surface area contributed by atoms with Gasteiger partial charge in [-0.25, -0.2) is 0 Å². The zero-order valence-corrected chi connectivity index (χ0v) is 5.37. The van der Waals surface area contributed by atoms with Crippen LogP contribution in [-0.2, 0) is 10.1 Å². The first kappa shape index (κ1) is 8.83. The summed E-state index contributed by atoms with van der Waals surface area (Å²) in [6, 6.07) is 0. The van der Waals surface area contributed by atoms with E-state index in [1.54, 1.807) is 0 Å². The van der Waals surface area contributed by atoms with Gasteiger partial charge in [0.25, 0.3) is 10.1 Å². The average Bonchev–Trinajstić information content (AvgIpc) is 1.62. The molecule has 0 aromatic heterocycles. The second kappa shape index (κ2) is 3.11. The van der Waals surface area contributed by atoms with Gasteiger partial charge in [0, 0.05) is 0 Å². The maximum Gasteiger partial charge on any atom is 0.267 e. The van der Waals surface area contributed by atoms with Gasteiger partial charge in [-0.15, -0.1) is 0 Å². The highest BCUT2D eigenvalue weighted by Crippen LogP contribution is 1.87. The summed E-state index contributed by atoms with van der Waals surface area (Å²) in [7, 11) is -4.15. The molecular formula is C3H8O5S. The van der Waals surface area contributed by atoms with Crippen molar-refractivity contribution in [2.45, 2.75) is 6.10 Å². The quantitative estimate of drug-likeness (QED) is 0.333. The summed E-state index contributed by atoms with van der Waals surface area (Å²) >= 11 is 0. The van der Waals surface area contributed by atoms with E-state index in [0.717, 1.165) is 0 Å². The predicted molar refractivity (Wildman–Crippen MR) is 29.5 cm³/mol. The van der Waals surface area contributed by atoms with Crippen molar-refractivity contribution in [1.82, 2.24) is 0 Å². The van der Waals surface area contributed by atoms with Crippen LogP contribution in [0.3, 0.4) is 0 Å². The molecule has 56 valence electrons. The molecule has 0 saturated carbocycles. The van der Waals surface area contributed by atoms with Crippen molar-refractivity contribution >= 4 is 10.1 Å². The van der Waals surface area contributed by atoms with Gasteiger partial charge in [-0.3, -0.25) is 4.55 Å². The van der Waals surface area contributed by atoms with E-state index in [9.17, 15) is 8.42 Å². The largest absolute Gasteiger partial charge is 0.394 e. The van der Waals surface area contributed by atoms with Crippen LogP contribution in [0.5, 0.6) is 0 Å². The molecule has 0 radical (unpaired) electrons. The standard InChI is InChI=1S/C3H8O5S/c4-1-3(5)2-9(6,7)8/h3-5H,1-2H2,(H,6,7,8)/i9+2. The van der Waals surface area contributed by atoms with E-state index >= 15 is 0 Å². The minimum absolute atomic E-state index is 0.667. The Labute approximate surface area is 52.7 Å². The van der Waals surface area contributed by atoms with Gasteiger partial charge in [0.05, 0.1) is 12.7 Å². The average molecular weight is 158 g/mol. The van der Waals surface area contributed by atoms with E-state index in [-0.39, 0.29) is 0 Å². The molecule has 0 saturated heterocycles. The van der Waals surface area contributed by atoms with Gasteiger partial charge in [-0.05, 0) is 0 Å². The topological polar surface area (TPSA) is 94.8 Å². The monoisotopic (exact) mass is 158 g/mol. The normalized spacial score (nSPS) is 15.4. The molecule has 0 aromatic carbocycles. The lowest BCUT2D eigenvalue weighted by molar-refractivity contribution is 0.111. The van der Waals surface area contributed by atoms with E-state index in [1.807, 2.05) is 0 Å². The highest BCUT2D eigenvalue weighted by Gasteiger charge is 2.11. The Morgan fingerprint density at radius 3 is 2.00 bits per heavy atom. The van der Waals surface area contributed by atoms with Crippen LogP contribution in [0.1, 0.15) is 0 Å². The van der Waals surface area contributed by atoms with E-state index in [4.69, 9.17) is 14.8 Å². The maximum atomic E-state index is 9.88. The van der Waals surface area contributed by atoms with Gasteiger partial charge in [0.15, 0.2) is 0 Å². The molecule has 3 N–H and O–H groups in total. The molecule has 1 unspecified atom stereocenters. The highest BCUT2D eigenvalue weighted by atomic mass is 34.1. The van der Waals surface area contributed by atoms with E-state index in [0.29, 0.717) is 0 Å². The smallest absolute Gasteiger partial charge is 0.267 e. The molecule has 0 aromatic rings. The lowest BCUT2D eigenvalue weighted by Crippen LogP contribution is -2.23. The van der Waals surface area contributed by atoms with Crippen LogP contribution in [0.2, 0.25) is 0 Å². The van der Waals surface area contributed by atoms with Crippen molar-refractivity contribution in [1.29, 1.82) is 0 Å². The summed E-state index contributed by atoms with van der Waals surface area (Å²) in [6.45, 7) is -0.667. The van der Waals surface area contributed by atoms with Crippen molar-refractivity contribution in [2.24, 2.45) is 0 Å². The van der Waals surface area contributed by atoms with Crippen molar-refractivity contribution < 1.29 is 23.2 Å². The molecule has 0 fully saturated rings. The number of hydrogen-bond donors (Lipinski definition) is 3. The Balaban J connectivity index is 3.75. The van der Waals surface area contributed by atoms with Crippen LogP contribution in [0.4, 0.5) is 0 Å². The van der Waals surface area contributed by atoms with Crippen LogP contribution >= 0.6 is 0 Å². The summed E-state index contributed by atoms with van der Waals surface area (Å²) in [4.78, 5) is 0. The Kier molecular flexibility index (Phi) is 3.06. The highest BCUT2D eigenvalue weighted by molar-refractivity contribution is 7.85. The molecule has 0 rings (SSSR count). The lowest BCUT2D eigenvalue weighted by Gasteiger charge is -2.01. The number of hydrogen-bond acceptors (Lipinski definition) is 4. The molecule has 5 nitrogen and oxygen atoms in total. The second-order valence-corrected chi connectivity index (χ2v) is 3.08. The number of aliphatic hydroxyl groups is 2. The minimum atomic E-state index is -4.15. The Morgan fingerprint density at radius 2 is 1.89 bits per heavy atom. The van der Waals surface area contributed by atoms with Crippen molar-refractivity contribution in [3.8, 4) is 0 Å². The number of aliphatic hydroxyl groups excluding tert-OH is 2. The van der Waals surface area contributed by atoms with Crippen molar-refractivity contribution in [2.75, 3.05) is 12.4 Å². The molecule has 1 atom stereocenters. The molecule has 0 spiro atoms. The van der Waals surface area contributed by atoms with Crippen LogP contribution in [0.25, 0.3) is 0 Å². The van der Waals surface area contributed by atoms with E-state index < -0.39 is 28.6 Å². The van der Waals surface area contributed by atoms with Gasteiger partial charge in [-0.1, -0.05) is 0 Å². The zero-order chi connectivity index (χ0) is 7.49. The molecule has 0 amide bonds. The fourth-order valence-electron chi connectivity index (χ4n) is 0.296. The number of rotatable bonds is 3. The summed E-state index contributed by atoms with van der Waals surface area (Å²) in [5, 5.41) is 16.5. The van der Waals surface area contributed by atoms with Crippen LogP contribution in [0.15, 0.2) is 0 Å². The lowest BCUT2D eigenvalue weighted by atomic mass is 10.4. The first-order valence-electron chi connectivity index (χ1n) is 2.20. The molecule has 9 heavy (non-hydrogen) atoms. The third kappa shape index (κ3) is 5.71. The summed E-state index contributed by atoms with van der Waals surface area (Å²) in [6.07, 6.45) is -1.39. The molecule has 0 aliphatic carbocycles. The molecule has 6 heteroatoms. The molecular weight excluding hydrogens is 150 g/mol. The van der Waals surface area contributed by atoms with E-state index in [2.05, 4.69) is 0 Å². The molecule has 0 bridgehead atoms. The first-order valence-corrected chi connectivity index (χ1v) is 3.80. The van der Waals surface area contributed by atoms with Crippen molar-refractivity contribution in [3.63, 3.8) is 0 Å². The third-order valence-electron chi connectivity index (χ3n) is 0.614. The van der Waals surface area contributed by atoms with Gasteiger partial charge in [-0.2, -0.15) is 8.42 Å². The predicted octanol–water partition coefficient (Wildman–Crippen LogP) is -1.77. The Morgan fingerprint density at radius 1 is 1.44 bits per heavy atom. The first-order chi connectivity index (χ1) is 3.95. The van der Waals surface area contributed by atoms with Gasteiger partial charge in [0.2, 0.25) is 0 Å². The Hall–Kier alpha value is -0.170. The SMILES string of the molecule is O=[34S](=O)(O)CC(O)CO. The Bertz CT molecular complexity index is 159. The van der Waals surface area contributed by atoms with Crippen LogP contribution in [-0.4, -0.2) is 41.6 Å². The molecule has 0 aliphatic heterocycles. The van der Waals surface area contributed by atoms with Crippen molar-refractivity contribution in [3.05, 3.63) is 0 Å². The maximum absolute atomic E-state index is 9.88. The summed E-state index contributed by atoms with van der Waals surface area (Å²) in [5.41, 5.74) is 0. The molecule has 0 heterocycles. The minimum Gasteiger partial charge on any atom is -0.394 e. The van der Waals surface area contributed by atoms with Gasteiger partial charge >= 0.3 is 0 Å². The van der Waals surface area contributed by atoms with Crippen LogP contribution in [0, 0.1) is 0 Å². The van der Waals surface area contributed by atoms with E-state index in [1.165, 1.54) is 0 Å². The third-order valence-corrected chi connectivity index (χ3v) is 1.42. The van der Waals surface area contributed by atoms with Crippen LogP contribution < -0.4 is 0 Å². The van der Waals surface area contributed by atoms with Gasteiger partial charge < -0.3 is 10.2 Å². The second-order valence-electron chi connectivity index (χ2n) is 1.58. The van der Waals surface area contributed by atoms with Gasteiger partial charge in [0.1, 0.15) is 5.75 Å². The fourth-order valence-corrected chi connectivity index (χ4v) is 0.887.